The van der Waals surface area contributed by atoms with Gasteiger partial charge in [0.15, 0.2) is 11.6 Å². The number of benzene rings is 1. The van der Waals surface area contributed by atoms with E-state index in [2.05, 4.69) is 9.72 Å². The largest absolute Gasteiger partial charge is 0.573 e. The number of amides is 1. The highest BCUT2D eigenvalue weighted by Crippen LogP contribution is 2.34. The van der Waals surface area contributed by atoms with E-state index in [1.54, 1.807) is 11.1 Å². The molecule has 7 nitrogen and oxygen atoms in total. The third kappa shape index (κ3) is 5.46. The fraction of sp³-hybridized carbons (Fsp3) is 0.444. The molecule has 1 amide bonds. The van der Waals surface area contributed by atoms with Gasteiger partial charge in [-0.25, -0.2) is 9.37 Å². The molecule has 2 aromatic heterocycles. The Morgan fingerprint density at radius 2 is 1.89 bits per heavy atom. The number of ether oxygens (including phenoxy) is 1. The highest BCUT2D eigenvalue weighted by Gasteiger charge is 2.33. The number of carbonyl (C=O) groups is 2. The van der Waals surface area contributed by atoms with Crippen molar-refractivity contribution >= 4 is 22.9 Å². The number of hydrogen-bond donors (Lipinski definition) is 1. The van der Waals surface area contributed by atoms with E-state index in [1.807, 2.05) is 16.7 Å². The molecule has 1 N–H and O–H groups in total. The third-order valence-corrected chi connectivity index (χ3v) is 7.59. The van der Waals surface area contributed by atoms with Crippen molar-refractivity contribution in [1.82, 2.24) is 14.5 Å². The lowest BCUT2D eigenvalue weighted by atomic mass is 9.80. The summed E-state index contributed by atoms with van der Waals surface area (Å²) >= 11 is 0. The van der Waals surface area contributed by atoms with Crippen LogP contribution in [-0.4, -0.2) is 44.3 Å². The number of carboxylic acids is 1. The highest BCUT2D eigenvalue weighted by molar-refractivity contribution is 5.84. The summed E-state index contributed by atoms with van der Waals surface area (Å²) in [6, 6.07) is 7.11. The molecule has 38 heavy (non-hydrogen) atoms. The average molecular weight is 534 g/mol. The van der Waals surface area contributed by atoms with Crippen molar-refractivity contribution in [2.24, 2.45) is 11.8 Å². The van der Waals surface area contributed by atoms with Gasteiger partial charge in [0.2, 0.25) is 5.91 Å². The van der Waals surface area contributed by atoms with Crippen molar-refractivity contribution in [3.63, 3.8) is 0 Å². The molecule has 0 spiro atoms. The Morgan fingerprint density at radius 1 is 1.13 bits per heavy atom. The summed E-state index contributed by atoms with van der Waals surface area (Å²) in [4.78, 5) is 30.7. The summed E-state index contributed by atoms with van der Waals surface area (Å²) < 4.78 is 57.6. The second-order valence-corrected chi connectivity index (χ2v) is 10.0. The van der Waals surface area contributed by atoms with Crippen molar-refractivity contribution in [3.8, 4) is 5.75 Å². The van der Waals surface area contributed by atoms with Crippen molar-refractivity contribution in [1.29, 1.82) is 0 Å². The standard InChI is InChI=1S/C27H27F4N3O4/c28-21-12-17(5-8-23(21)38-27(29,30)31)14-34-22-15-33(11-9-19(22)20-2-1-10-32-25(20)34)24(35)13-16-3-6-18(7-4-16)26(36)37/h1-2,5,8,10,12,16,18H,3-4,6-7,9,11,13-15H2,(H,36,37). The van der Waals surface area contributed by atoms with Crippen LogP contribution in [0.2, 0.25) is 0 Å². The number of carbonyl (C=O) groups excluding carboxylic acids is 1. The lowest BCUT2D eigenvalue weighted by molar-refractivity contribution is -0.275. The molecule has 0 radical (unpaired) electrons. The minimum Gasteiger partial charge on any atom is -0.481 e. The van der Waals surface area contributed by atoms with Crippen molar-refractivity contribution in [3.05, 3.63) is 59.2 Å². The van der Waals surface area contributed by atoms with Crippen LogP contribution >= 0.6 is 0 Å². The fourth-order valence-corrected chi connectivity index (χ4v) is 5.67. The number of nitrogens with zero attached hydrogens (tertiary/aromatic N) is 3. The van der Waals surface area contributed by atoms with Crippen LogP contribution in [0.3, 0.4) is 0 Å². The van der Waals surface area contributed by atoms with Gasteiger partial charge in [-0.15, -0.1) is 13.2 Å². The smallest absolute Gasteiger partial charge is 0.481 e. The molecule has 2 aliphatic rings. The van der Waals surface area contributed by atoms with Crippen LogP contribution in [0.25, 0.3) is 11.0 Å². The topological polar surface area (TPSA) is 84.7 Å². The quantitative estimate of drug-likeness (QED) is 0.436. The van der Waals surface area contributed by atoms with Gasteiger partial charge in [-0.1, -0.05) is 6.07 Å². The van der Waals surface area contributed by atoms with Gasteiger partial charge in [0, 0.05) is 36.8 Å². The van der Waals surface area contributed by atoms with E-state index < -0.39 is 23.9 Å². The Morgan fingerprint density at radius 3 is 2.58 bits per heavy atom. The van der Waals surface area contributed by atoms with E-state index in [9.17, 15) is 32.3 Å². The molecule has 0 bridgehead atoms. The maximum Gasteiger partial charge on any atom is 0.573 e. The Labute approximate surface area is 216 Å². The number of halogens is 4. The molecule has 0 saturated heterocycles. The van der Waals surface area contributed by atoms with Crippen LogP contribution in [0, 0.1) is 17.7 Å². The number of hydrogen-bond acceptors (Lipinski definition) is 4. The van der Waals surface area contributed by atoms with E-state index in [0.29, 0.717) is 62.8 Å². The molecule has 1 aliphatic heterocycles. The summed E-state index contributed by atoms with van der Waals surface area (Å²) in [5, 5.41) is 10.1. The molecule has 3 heterocycles. The number of fused-ring (bicyclic) bond motifs is 3. The molecule has 5 rings (SSSR count). The van der Waals surface area contributed by atoms with Crippen molar-refractivity contribution < 1.29 is 37.0 Å². The summed E-state index contributed by atoms with van der Waals surface area (Å²) in [6.45, 7) is 1.04. The second-order valence-electron chi connectivity index (χ2n) is 10.0. The first kappa shape index (κ1) is 26.0. The van der Waals surface area contributed by atoms with Crippen molar-refractivity contribution in [2.75, 3.05) is 6.54 Å². The number of carboxylic acid groups (broad SMARTS) is 1. The molecule has 1 aromatic carbocycles. The van der Waals surface area contributed by atoms with Gasteiger partial charge < -0.3 is 19.3 Å². The van der Waals surface area contributed by atoms with Gasteiger partial charge in [0.1, 0.15) is 5.65 Å². The molecule has 0 unspecified atom stereocenters. The Kier molecular flexibility index (Phi) is 7.02. The summed E-state index contributed by atoms with van der Waals surface area (Å²) in [7, 11) is 0. The van der Waals surface area contributed by atoms with Crippen molar-refractivity contribution in [2.45, 2.75) is 58.0 Å². The minimum atomic E-state index is -4.99. The molecule has 1 aliphatic carbocycles. The molecular weight excluding hydrogens is 506 g/mol. The Bertz CT molecular complexity index is 1360. The molecule has 3 aromatic rings. The van der Waals surface area contributed by atoms with Crippen LogP contribution in [0.1, 0.15) is 48.9 Å². The van der Waals surface area contributed by atoms with Crippen LogP contribution in [0.5, 0.6) is 5.75 Å². The number of alkyl halides is 3. The van der Waals surface area contributed by atoms with Gasteiger partial charge in [-0.2, -0.15) is 0 Å². The Hall–Kier alpha value is -3.63. The second kappa shape index (κ2) is 10.3. The van der Waals surface area contributed by atoms with E-state index in [4.69, 9.17) is 0 Å². The molecule has 0 atom stereocenters. The summed E-state index contributed by atoms with van der Waals surface area (Å²) in [6.07, 6.45) is 0.231. The molecular formula is C27H27F4N3O4. The highest BCUT2D eigenvalue weighted by atomic mass is 19.4. The maximum absolute atomic E-state index is 14.4. The van der Waals surface area contributed by atoms with Gasteiger partial charge in [-0.05, 0) is 73.4 Å². The van der Waals surface area contributed by atoms with Gasteiger partial charge in [-0.3, -0.25) is 9.59 Å². The lowest BCUT2D eigenvalue weighted by Crippen LogP contribution is -2.38. The van der Waals surface area contributed by atoms with Gasteiger partial charge in [0.25, 0.3) is 0 Å². The molecule has 1 saturated carbocycles. The summed E-state index contributed by atoms with van der Waals surface area (Å²) in [5.74, 6) is -2.95. The van der Waals surface area contributed by atoms with E-state index in [-0.39, 0.29) is 24.3 Å². The van der Waals surface area contributed by atoms with E-state index in [0.717, 1.165) is 28.8 Å². The zero-order valence-corrected chi connectivity index (χ0v) is 20.5. The maximum atomic E-state index is 14.4. The average Bonchev–Trinajstić information content (AvgIpc) is 3.18. The van der Waals surface area contributed by atoms with E-state index in [1.165, 1.54) is 6.07 Å². The minimum absolute atomic E-state index is 0.0129. The first-order chi connectivity index (χ1) is 18.1. The number of aromatic nitrogens is 2. The van der Waals surface area contributed by atoms with Crippen LogP contribution in [0.4, 0.5) is 17.6 Å². The number of aliphatic carboxylic acids is 1. The van der Waals surface area contributed by atoms with Gasteiger partial charge >= 0.3 is 12.3 Å². The zero-order chi connectivity index (χ0) is 27.0. The normalized spacial score (nSPS) is 19.8. The molecule has 11 heteroatoms. The predicted octanol–water partition coefficient (Wildman–Crippen LogP) is 5.29. The first-order valence-corrected chi connectivity index (χ1v) is 12.6. The van der Waals surface area contributed by atoms with Crippen LogP contribution < -0.4 is 4.74 Å². The molecule has 202 valence electrons. The SMILES string of the molecule is O=C(O)C1CCC(CC(=O)N2CCc3c(n(Cc4ccc(OC(F)(F)F)c(F)c4)c4ncccc34)C2)CC1. The van der Waals surface area contributed by atoms with Gasteiger partial charge in [0.05, 0.1) is 12.5 Å². The molecule has 1 fully saturated rings. The fourth-order valence-electron chi connectivity index (χ4n) is 5.67. The summed E-state index contributed by atoms with van der Waals surface area (Å²) in [5.41, 5.74) is 3.01. The third-order valence-electron chi connectivity index (χ3n) is 7.59. The first-order valence-electron chi connectivity index (χ1n) is 12.6. The lowest BCUT2D eigenvalue weighted by Gasteiger charge is -2.31. The zero-order valence-electron chi connectivity index (χ0n) is 20.5. The number of rotatable bonds is 6. The Balaban J connectivity index is 1.35. The number of pyridine rings is 1. The predicted molar refractivity (Wildman–Crippen MR) is 129 cm³/mol. The van der Waals surface area contributed by atoms with Crippen LogP contribution in [-0.2, 0) is 29.1 Å². The van der Waals surface area contributed by atoms with Crippen LogP contribution in [0.15, 0.2) is 36.5 Å². The monoisotopic (exact) mass is 533 g/mol. The van der Waals surface area contributed by atoms with E-state index >= 15 is 0 Å².